The van der Waals surface area contributed by atoms with Crippen molar-refractivity contribution in [2.45, 2.75) is 45.3 Å². The first kappa shape index (κ1) is 22.4. The van der Waals surface area contributed by atoms with Crippen molar-refractivity contribution in [3.63, 3.8) is 0 Å². The van der Waals surface area contributed by atoms with Gasteiger partial charge in [-0.15, -0.1) is 0 Å². The molecule has 0 radical (unpaired) electrons. The Bertz CT molecular complexity index is 578. The lowest BCUT2D eigenvalue weighted by atomic mass is 10.1. The fourth-order valence-electron chi connectivity index (χ4n) is 3.17. The Kier molecular flexibility index (Phi) is 9.99. The predicted octanol–water partition coefficient (Wildman–Crippen LogP) is 2.75. The molecule has 1 aliphatic rings. The SMILES string of the molecule is CCNC(=NCC(O)c1ccc(OC(F)F)cc1)NCCCCN1CCCC1. The number of aliphatic hydroxyl groups is 1. The van der Waals surface area contributed by atoms with Crippen molar-refractivity contribution in [3.05, 3.63) is 29.8 Å². The Morgan fingerprint density at radius 2 is 1.89 bits per heavy atom. The third-order valence-electron chi connectivity index (χ3n) is 4.65. The number of ether oxygens (including phenoxy) is 1. The van der Waals surface area contributed by atoms with Crippen LogP contribution in [0.5, 0.6) is 5.75 Å². The van der Waals surface area contributed by atoms with E-state index >= 15 is 0 Å². The summed E-state index contributed by atoms with van der Waals surface area (Å²) >= 11 is 0. The van der Waals surface area contributed by atoms with E-state index in [0.717, 1.165) is 32.5 Å². The fraction of sp³-hybridized carbons (Fsp3) is 0.650. The van der Waals surface area contributed by atoms with Crippen molar-refractivity contribution in [2.75, 3.05) is 39.3 Å². The summed E-state index contributed by atoms with van der Waals surface area (Å²) in [6.07, 6.45) is 4.04. The van der Waals surface area contributed by atoms with Crippen LogP contribution >= 0.6 is 0 Å². The molecule has 0 amide bonds. The summed E-state index contributed by atoms with van der Waals surface area (Å²) < 4.78 is 28.7. The van der Waals surface area contributed by atoms with Gasteiger partial charge in [-0.05, 0) is 69.9 Å². The van der Waals surface area contributed by atoms with Gasteiger partial charge in [-0.25, -0.2) is 0 Å². The number of benzene rings is 1. The van der Waals surface area contributed by atoms with Gasteiger partial charge >= 0.3 is 6.61 Å². The van der Waals surface area contributed by atoms with E-state index in [9.17, 15) is 13.9 Å². The summed E-state index contributed by atoms with van der Waals surface area (Å²) in [5, 5.41) is 16.7. The monoisotopic (exact) mass is 398 g/mol. The van der Waals surface area contributed by atoms with Gasteiger partial charge in [0.1, 0.15) is 5.75 Å². The second kappa shape index (κ2) is 12.5. The summed E-state index contributed by atoms with van der Waals surface area (Å²) in [5.74, 6) is 0.735. The normalized spacial score (nSPS) is 16.4. The van der Waals surface area contributed by atoms with E-state index in [4.69, 9.17) is 0 Å². The van der Waals surface area contributed by atoms with Crippen LogP contribution in [-0.2, 0) is 0 Å². The molecule has 6 nitrogen and oxygen atoms in total. The van der Waals surface area contributed by atoms with Crippen molar-refractivity contribution in [1.29, 1.82) is 0 Å². The first-order chi connectivity index (χ1) is 13.6. The number of aliphatic hydroxyl groups excluding tert-OH is 1. The highest BCUT2D eigenvalue weighted by Gasteiger charge is 2.11. The summed E-state index contributed by atoms with van der Waals surface area (Å²) in [4.78, 5) is 6.93. The maximum Gasteiger partial charge on any atom is 0.387 e. The molecule has 1 fully saturated rings. The van der Waals surface area contributed by atoms with Gasteiger partial charge < -0.3 is 25.4 Å². The van der Waals surface area contributed by atoms with Crippen LogP contribution in [0, 0.1) is 0 Å². The molecular weight excluding hydrogens is 366 g/mol. The number of aliphatic imine (C=N–C) groups is 1. The summed E-state index contributed by atoms with van der Waals surface area (Å²) in [5.41, 5.74) is 0.604. The minimum atomic E-state index is -2.86. The predicted molar refractivity (Wildman–Crippen MR) is 107 cm³/mol. The van der Waals surface area contributed by atoms with Crippen LogP contribution in [0.3, 0.4) is 0 Å². The van der Waals surface area contributed by atoms with E-state index in [0.29, 0.717) is 11.5 Å². The molecule has 0 saturated carbocycles. The van der Waals surface area contributed by atoms with E-state index in [2.05, 4.69) is 25.3 Å². The van der Waals surface area contributed by atoms with Crippen LogP contribution in [0.25, 0.3) is 0 Å². The molecule has 158 valence electrons. The molecule has 1 aromatic rings. The Balaban J connectivity index is 1.73. The minimum Gasteiger partial charge on any atom is -0.435 e. The zero-order chi connectivity index (χ0) is 20.2. The number of nitrogens with zero attached hydrogens (tertiary/aromatic N) is 2. The van der Waals surface area contributed by atoms with Crippen molar-refractivity contribution >= 4 is 5.96 Å². The van der Waals surface area contributed by atoms with Crippen LogP contribution in [0.2, 0.25) is 0 Å². The van der Waals surface area contributed by atoms with Gasteiger partial charge in [0.25, 0.3) is 0 Å². The molecule has 0 aliphatic carbocycles. The molecule has 3 N–H and O–H groups in total. The van der Waals surface area contributed by atoms with E-state index in [1.54, 1.807) is 12.1 Å². The summed E-state index contributed by atoms with van der Waals surface area (Å²) in [6.45, 7) is 4.48. The number of hydrogen-bond acceptors (Lipinski definition) is 4. The summed E-state index contributed by atoms with van der Waals surface area (Å²) in [7, 11) is 0. The van der Waals surface area contributed by atoms with Gasteiger partial charge in [0, 0.05) is 13.1 Å². The van der Waals surface area contributed by atoms with Crippen LogP contribution in [0.4, 0.5) is 8.78 Å². The first-order valence-electron chi connectivity index (χ1n) is 10.1. The largest absolute Gasteiger partial charge is 0.435 e. The van der Waals surface area contributed by atoms with Gasteiger partial charge in [-0.2, -0.15) is 8.78 Å². The van der Waals surface area contributed by atoms with Crippen LogP contribution in [0.1, 0.15) is 44.3 Å². The summed E-state index contributed by atoms with van der Waals surface area (Å²) in [6, 6.07) is 5.96. The number of rotatable bonds is 11. The van der Waals surface area contributed by atoms with E-state index in [1.165, 1.54) is 38.1 Å². The third-order valence-corrected chi connectivity index (χ3v) is 4.65. The smallest absolute Gasteiger partial charge is 0.387 e. The van der Waals surface area contributed by atoms with Crippen molar-refractivity contribution in [3.8, 4) is 5.75 Å². The van der Waals surface area contributed by atoms with E-state index in [1.807, 2.05) is 6.92 Å². The number of hydrogen-bond donors (Lipinski definition) is 3. The number of guanidine groups is 1. The van der Waals surface area contributed by atoms with Gasteiger partial charge in [0.15, 0.2) is 5.96 Å². The third kappa shape index (κ3) is 8.39. The first-order valence-corrected chi connectivity index (χ1v) is 10.1. The Morgan fingerprint density at radius 1 is 1.18 bits per heavy atom. The topological polar surface area (TPSA) is 69.1 Å². The minimum absolute atomic E-state index is 0.0680. The molecule has 2 rings (SSSR count). The molecule has 1 heterocycles. The Hall–Kier alpha value is -1.93. The van der Waals surface area contributed by atoms with Gasteiger partial charge in [0.2, 0.25) is 0 Å². The van der Waals surface area contributed by atoms with Crippen LogP contribution in [0.15, 0.2) is 29.3 Å². The number of unbranched alkanes of at least 4 members (excludes halogenated alkanes) is 1. The molecule has 1 aromatic carbocycles. The van der Waals surface area contributed by atoms with Gasteiger partial charge in [-0.3, -0.25) is 4.99 Å². The molecule has 0 bridgehead atoms. The van der Waals surface area contributed by atoms with Crippen LogP contribution in [-0.4, -0.2) is 61.8 Å². The second-order valence-electron chi connectivity index (χ2n) is 6.87. The molecular formula is C20H32F2N4O2. The molecule has 1 aliphatic heterocycles. The number of likely N-dealkylation sites (tertiary alicyclic amines) is 1. The Labute approximate surface area is 166 Å². The van der Waals surface area contributed by atoms with Gasteiger partial charge in [-0.1, -0.05) is 12.1 Å². The number of nitrogens with one attached hydrogen (secondary N) is 2. The lowest BCUT2D eigenvalue weighted by Crippen LogP contribution is -2.38. The average molecular weight is 398 g/mol. The maximum atomic E-state index is 12.2. The number of halogens is 2. The number of alkyl halides is 2. The van der Waals surface area contributed by atoms with Crippen LogP contribution < -0.4 is 15.4 Å². The van der Waals surface area contributed by atoms with Crippen molar-refractivity contribution in [1.82, 2.24) is 15.5 Å². The Morgan fingerprint density at radius 3 is 2.54 bits per heavy atom. The highest BCUT2D eigenvalue weighted by Crippen LogP contribution is 2.19. The fourth-order valence-corrected chi connectivity index (χ4v) is 3.17. The maximum absolute atomic E-state index is 12.2. The molecule has 1 atom stereocenters. The lowest BCUT2D eigenvalue weighted by molar-refractivity contribution is -0.0498. The lowest BCUT2D eigenvalue weighted by Gasteiger charge is -2.15. The zero-order valence-corrected chi connectivity index (χ0v) is 16.5. The molecule has 0 aromatic heterocycles. The zero-order valence-electron chi connectivity index (χ0n) is 16.5. The second-order valence-corrected chi connectivity index (χ2v) is 6.87. The van der Waals surface area contributed by atoms with Crippen molar-refractivity contribution in [2.24, 2.45) is 4.99 Å². The highest BCUT2D eigenvalue weighted by atomic mass is 19.3. The van der Waals surface area contributed by atoms with E-state index in [-0.39, 0.29) is 12.3 Å². The standard InChI is InChI=1S/C20H32F2N4O2/c1-2-23-20(24-11-3-4-12-26-13-5-6-14-26)25-15-18(27)16-7-9-17(10-8-16)28-19(21)22/h7-10,18-19,27H,2-6,11-15H2,1H3,(H2,23,24,25). The quantitative estimate of drug-likeness (QED) is 0.304. The highest BCUT2D eigenvalue weighted by molar-refractivity contribution is 5.79. The van der Waals surface area contributed by atoms with Crippen molar-refractivity contribution < 1.29 is 18.6 Å². The molecule has 0 spiro atoms. The molecule has 1 unspecified atom stereocenters. The van der Waals surface area contributed by atoms with Gasteiger partial charge in [0.05, 0.1) is 12.6 Å². The molecule has 1 saturated heterocycles. The van der Waals surface area contributed by atoms with E-state index < -0.39 is 12.7 Å². The molecule has 28 heavy (non-hydrogen) atoms. The average Bonchev–Trinajstić information content (AvgIpc) is 3.19. The molecule has 8 heteroatoms.